The summed E-state index contributed by atoms with van der Waals surface area (Å²) in [6, 6.07) is 53.6. The molecule has 0 bridgehead atoms. The summed E-state index contributed by atoms with van der Waals surface area (Å²) in [6.07, 6.45) is 0. The minimum atomic E-state index is -0.199. The first-order chi connectivity index (χ1) is 28.5. The molecule has 12 rings (SSSR count). The molecule has 0 saturated heterocycles. The van der Waals surface area contributed by atoms with Crippen LogP contribution in [0.4, 0.5) is 0 Å². The zero-order valence-electron chi connectivity index (χ0n) is 31.5. The van der Waals surface area contributed by atoms with Crippen LogP contribution in [0.15, 0.2) is 167 Å². The molecule has 274 valence electrons. The lowest BCUT2D eigenvalue weighted by atomic mass is 9.82. The standard InChI is InChI=1S/C50H32N6O2/c1-50(2)37-16-6-3-13-33(37)34-24-23-29(28-38(34)50)45-53-46(55-49(54-45)56-41-19-9-4-14-35(41)36-15-5-10-20-42(36)56)30-25-31(47-51-39-17-7-11-21-43(39)57-47)27-32(26-30)48-52-40-18-8-12-22-44(40)58-48/h3-28H,1-2H3. The van der Waals surface area contributed by atoms with Gasteiger partial charge in [0.05, 0.1) is 11.0 Å². The number of rotatable bonds is 5. The van der Waals surface area contributed by atoms with E-state index in [1.165, 1.54) is 22.3 Å². The van der Waals surface area contributed by atoms with E-state index in [9.17, 15) is 0 Å². The molecule has 8 heteroatoms. The van der Waals surface area contributed by atoms with Gasteiger partial charge >= 0.3 is 0 Å². The summed E-state index contributed by atoms with van der Waals surface area (Å²) in [5, 5.41) is 2.24. The lowest BCUT2D eigenvalue weighted by Crippen LogP contribution is -2.15. The zero-order chi connectivity index (χ0) is 38.5. The van der Waals surface area contributed by atoms with Gasteiger partial charge in [0.25, 0.3) is 0 Å². The van der Waals surface area contributed by atoms with Gasteiger partial charge in [0.15, 0.2) is 22.8 Å². The van der Waals surface area contributed by atoms with E-state index in [2.05, 4.69) is 109 Å². The van der Waals surface area contributed by atoms with Gasteiger partial charge in [-0.05, 0) is 82.9 Å². The Balaban J connectivity index is 1.12. The fraction of sp³-hybridized carbons (Fsp3) is 0.0600. The maximum Gasteiger partial charge on any atom is 0.238 e. The Morgan fingerprint density at radius 1 is 0.431 bits per heavy atom. The number of aromatic nitrogens is 6. The summed E-state index contributed by atoms with van der Waals surface area (Å²) in [6.45, 7) is 4.57. The van der Waals surface area contributed by atoms with Gasteiger partial charge in [0, 0.05) is 38.4 Å². The molecular weight excluding hydrogens is 717 g/mol. The molecule has 11 aromatic rings. The van der Waals surface area contributed by atoms with Crippen LogP contribution in [0.25, 0.3) is 107 Å². The lowest BCUT2D eigenvalue weighted by molar-refractivity contribution is 0.617. The molecule has 0 atom stereocenters. The van der Waals surface area contributed by atoms with Crippen LogP contribution in [0.3, 0.4) is 0 Å². The van der Waals surface area contributed by atoms with Crippen molar-refractivity contribution in [1.82, 2.24) is 29.5 Å². The van der Waals surface area contributed by atoms with Gasteiger partial charge in [0.1, 0.15) is 11.0 Å². The van der Waals surface area contributed by atoms with Gasteiger partial charge in [-0.3, -0.25) is 4.57 Å². The molecular formula is C50H32N6O2. The molecule has 4 aromatic heterocycles. The SMILES string of the molecule is CC1(C)c2ccccc2-c2ccc(-c3nc(-c4cc(-c5nc6ccccc6o5)cc(-c5nc6ccccc6o5)c4)nc(-n4c5ccccc5c5ccccc54)n3)cc21. The van der Waals surface area contributed by atoms with Gasteiger partial charge in [-0.2, -0.15) is 9.97 Å². The summed E-state index contributed by atoms with van der Waals surface area (Å²) < 4.78 is 14.8. The van der Waals surface area contributed by atoms with Crippen LogP contribution in [0.2, 0.25) is 0 Å². The van der Waals surface area contributed by atoms with Gasteiger partial charge in [-0.15, -0.1) is 0 Å². The van der Waals surface area contributed by atoms with Crippen LogP contribution in [-0.4, -0.2) is 29.5 Å². The number of hydrogen-bond acceptors (Lipinski definition) is 7. The fourth-order valence-corrected chi connectivity index (χ4v) is 8.70. The smallest absolute Gasteiger partial charge is 0.238 e. The maximum atomic E-state index is 6.34. The van der Waals surface area contributed by atoms with Crippen molar-refractivity contribution >= 4 is 44.0 Å². The molecule has 0 N–H and O–H groups in total. The molecule has 0 spiro atoms. The Morgan fingerprint density at radius 2 is 0.948 bits per heavy atom. The number of para-hydroxylation sites is 6. The number of hydrogen-bond donors (Lipinski definition) is 0. The second kappa shape index (κ2) is 12.1. The third-order valence-corrected chi connectivity index (χ3v) is 11.5. The molecule has 1 aliphatic carbocycles. The van der Waals surface area contributed by atoms with Crippen molar-refractivity contribution in [2.24, 2.45) is 0 Å². The van der Waals surface area contributed by atoms with E-state index in [0.29, 0.717) is 40.5 Å². The Bertz CT molecular complexity index is 3250. The highest BCUT2D eigenvalue weighted by Crippen LogP contribution is 2.49. The van der Waals surface area contributed by atoms with Crippen LogP contribution >= 0.6 is 0 Å². The fourth-order valence-electron chi connectivity index (χ4n) is 8.70. The summed E-state index contributed by atoms with van der Waals surface area (Å²) in [7, 11) is 0. The molecule has 0 amide bonds. The van der Waals surface area contributed by atoms with Gasteiger partial charge < -0.3 is 8.83 Å². The largest absolute Gasteiger partial charge is 0.436 e. The number of benzene rings is 7. The van der Waals surface area contributed by atoms with Gasteiger partial charge in [-0.1, -0.05) is 111 Å². The molecule has 0 aliphatic heterocycles. The van der Waals surface area contributed by atoms with Crippen LogP contribution in [0.1, 0.15) is 25.0 Å². The van der Waals surface area contributed by atoms with Gasteiger partial charge in [-0.25, -0.2) is 15.0 Å². The zero-order valence-corrected chi connectivity index (χ0v) is 31.5. The monoisotopic (exact) mass is 748 g/mol. The van der Waals surface area contributed by atoms with Crippen molar-refractivity contribution in [3.63, 3.8) is 0 Å². The Labute approximate surface area is 332 Å². The molecule has 1 aliphatic rings. The van der Waals surface area contributed by atoms with E-state index in [1.54, 1.807) is 0 Å². The minimum Gasteiger partial charge on any atom is -0.436 e. The molecule has 0 fully saturated rings. The van der Waals surface area contributed by atoms with Crippen molar-refractivity contribution in [1.29, 1.82) is 0 Å². The first-order valence-electron chi connectivity index (χ1n) is 19.3. The summed E-state index contributed by atoms with van der Waals surface area (Å²) in [5.41, 5.74) is 12.9. The molecule has 4 heterocycles. The molecule has 0 unspecified atom stereocenters. The highest BCUT2D eigenvalue weighted by molar-refractivity contribution is 6.09. The summed E-state index contributed by atoms with van der Waals surface area (Å²) in [4.78, 5) is 25.6. The Morgan fingerprint density at radius 3 is 1.59 bits per heavy atom. The maximum absolute atomic E-state index is 6.34. The van der Waals surface area contributed by atoms with Crippen molar-refractivity contribution in [3.8, 4) is 62.8 Å². The number of oxazole rings is 2. The quantitative estimate of drug-likeness (QED) is 0.173. The second-order valence-electron chi connectivity index (χ2n) is 15.4. The highest BCUT2D eigenvalue weighted by atomic mass is 16.4. The Kier molecular flexibility index (Phi) is 6.81. The first kappa shape index (κ1) is 32.5. The number of fused-ring (bicyclic) bond motifs is 8. The molecule has 7 aromatic carbocycles. The summed E-state index contributed by atoms with van der Waals surface area (Å²) >= 11 is 0. The van der Waals surface area contributed by atoms with Crippen LogP contribution in [0.5, 0.6) is 0 Å². The van der Waals surface area contributed by atoms with E-state index in [4.69, 9.17) is 33.8 Å². The van der Waals surface area contributed by atoms with Crippen LogP contribution in [0, 0.1) is 0 Å². The predicted molar refractivity (Wildman–Crippen MR) is 229 cm³/mol. The van der Waals surface area contributed by atoms with Crippen molar-refractivity contribution in [2.45, 2.75) is 19.3 Å². The van der Waals surface area contributed by atoms with Crippen molar-refractivity contribution < 1.29 is 8.83 Å². The molecule has 0 saturated carbocycles. The average molecular weight is 749 g/mol. The van der Waals surface area contributed by atoms with E-state index in [-0.39, 0.29) is 5.41 Å². The minimum absolute atomic E-state index is 0.199. The third kappa shape index (κ3) is 4.91. The van der Waals surface area contributed by atoms with Crippen LogP contribution < -0.4 is 0 Å². The molecule has 58 heavy (non-hydrogen) atoms. The molecule has 0 radical (unpaired) electrons. The first-order valence-corrected chi connectivity index (χ1v) is 19.3. The Hall–Kier alpha value is -7.71. The van der Waals surface area contributed by atoms with Crippen LogP contribution in [-0.2, 0) is 5.41 Å². The second-order valence-corrected chi connectivity index (χ2v) is 15.4. The topological polar surface area (TPSA) is 95.7 Å². The summed E-state index contributed by atoms with van der Waals surface area (Å²) in [5.74, 6) is 2.50. The highest BCUT2D eigenvalue weighted by Gasteiger charge is 2.35. The van der Waals surface area contributed by atoms with E-state index < -0.39 is 0 Å². The third-order valence-electron chi connectivity index (χ3n) is 11.5. The molecule has 8 nitrogen and oxygen atoms in total. The van der Waals surface area contributed by atoms with E-state index in [1.807, 2.05) is 66.7 Å². The van der Waals surface area contributed by atoms with Gasteiger partial charge in [0.2, 0.25) is 17.7 Å². The number of nitrogens with zero attached hydrogens (tertiary/aromatic N) is 6. The predicted octanol–water partition coefficient (Wildman–Crippen LogP) is 12.2. The average Bonchev–Trinajstić information content (AvgIpc) is 4.04. The van der Waals surface area contributed by atoms with Crippen molar-refractivity contribution in [3.05, 3.63) is 169 Å². The van der Waals surface area contributed by atoms with Crippen molar-refractivity contribution in [2.75, 3.05) is 0 Å². The normalized spacial score (nSPS) is 13.1. The van der Waals surface area contributed by atoms with E-state index in [0.717, 1.165) is 55.1 Å². The lowest BCUT2D eigenvalue weighted by Gasteiger charge is -2.21. The van der Waals surface area contributed by atoms with E-state index >= 15 is 0 Å².